The third kappa shape index (κ3) is 4.34. The van der Waals surface area contributed by atoms with E-state index in [2.05, 4.69) is 0 Å². The molecule has 1 rings (SSSR count). The van der Waals surface area contributed by atoms with E-state index in [1.54, 1.807) is 4.90 Å². The van der Waals surface area contributed by atoms with Crippen molar-refractivity contribution in [3.05, 3.63) is 0 Å². The fourth-order valence-corrected chi connectivity index (χ4v) is 1.88. The molecule has 98 valence electrons. The van der Waals surface area contributed by atoms with Crippen LogP contribution in [0.2, 0.25) is 0 Å². The zero-order chi connectivity index (χ0) is 13.0. The fourth-order valence-electron chi connectivity index (χ4n) is 1.88. The Kier molecular flexibility index (Phi) is 4.93. The predicted molar refractivity (Wildman–Crippen MR) is 64.8 cm³/mol. The third-order valence-electron chi connectivity index (χ3n) is 3.06. The lowest BCUT2D eigenvalue weighted by atomic mass is 10.3. The van der Waals surface area contributed by atoms with Crippen molar-refractivity contribution >= 4 is 11.9 Å². The number of carboxylic acid groups (broad SMARTS) is 1. The van der Waals surface area contributed by atoms with Gasteiger partial charge in [-0.25, -0.2) is 0 Å². The van der Waals surface area contributed by atoms with Gasteiger partial charge in [0.2, 0.25) is 5.91 Å². The monoisotopic (exact) mass is 242 g/mol. The van der Waals surface area contributed by atoms with Crippen molar-refractivity contribution in [2.24, 2.45) is 0 Å². The first-order chi connectivity index (χ1) is 7.95. The molecular weight excluding hydrogens is 220 g/mol. The molecule has 0 radical (unpaired) electrons. The summed E-state index contributed by atoms with van der Waals surface area (Å²) in [6.07, 6.45) is 2.17. The van der Waals surface area contributed by atoms with Crippen LogP contribution >= 0.6 is 0 Å². The molecule has 5 heteroatoms. The highest BCUT2D eigenvalue weighted by molar-refractivity contribution is 5.79. The SMILES string of the molecule is CCN(C(=O)CN(CC(=O)O)C(C)C)C1CC1. The summed E-state index contributed by atoms with van der Waals surface area (Å²) < 4.78 is 0. The molecule has 1 aliphatic rings. The Morgan fingerprint density at radius 1 is 1.29 bits per heavy atom. The topological polar surface area (TPSA) is 60.9 Å². The Labute approximate surface area is 102 Å². The second-order valence-corrected chi connectivity index (χ2v) is 4.80. The molecule has 0 atom stereocenters. The summed E-state index contributed by atoms with van der Waals surface area (Å²) in [7, 11) is 0. The van der Waals surface area contributed by atoms with Crippen LogP contribution in [0.4, 0.5) is 0 Å². The van der Waals surface area contributed by atoms with Gasteiger partial charge in [0.15, 0.2) is 0 Å². The van der Waals surface area contributed by atoms with Crippen LogP contribution in [0.1, 0.15) is 33.6 Å². The first-order valence-corrected chi connectivity index (χ1v) is 6.21. The molecule has 0 heterocycles. The Morgan fingerprint density at radius 2 is 1.88 bits per heavy atom. The maximum absolute atomic E-state index is 12.0. The van der Waals surface area contributed by atoms with E-state index in [1.165, 1.54) is 0 Å². The highest BCUT2D eigenvalue weighted by atomic mass is 16.4. The van der Waals surface area contributed by atoms with Gasteiger partial charge >= 0.3 is 5.97 Å². The number of amides is 1. The fraction of sp³-hybridized carbons (Fsp3) is 0.833. The summed E-state index contributed by atoms with van der Waals surface area (Å²) in [6, 6.07) is 0.458. The second-order valence-electron chi connectivity index (χ2n) is 4.80. The predicted octanol–water partition coefficient (Wildman–Crippen LogP) is 0.792. The van der Waals surface area contributed by atoms with E-state index in [-0.39, 0.29) is 25.0 Å². The van der Waals surface area contributed by atoms with Crippen LogP contribution in [0.15, 0.2) is 0 Å². The first-order valence-electron chi connectivity index (χ1n) is 6.21. The Balaban J connectivity index is 2.52. The third-order valence-corrected chi connectivity index (χ3v) is 3.06. The molecule has 0 aromatic carbocycles. The molecule has 0 aromatic heterocycles. The number of likely N-dealkylation sites (N-methyl/N-ethyl adjacent to an activating group) is 1. The van der Waals surface area contributed by atoms with E-state index in [9.17, 15) is 9.59 Å². The van der Waals surface area contributed by atoms with Crippen molar-refractivity contribution in [1.29, 1.82) is 0 Å². The average Bonchev–Trinajstić information content (AvgIpc) is 3.01. The van der Waals surface area contributed by atoms with Gasteiger partial charge in [-0.3, -0.25) is 14.5 Å². The minimum Gasteiger partial charge on any atom is -0.480 e. The highest BCUT2D eigenvalue weighted by Gasteiger charge is 2.32. The largest absolute Gasteiger partial charge is 0.480 e. The lowest BCUT2D eigenvalue weighted by Gasteiger charge is -2.28. The van der Waals surface area contributed by atoms with Crippen molar-refractivity contribution in [2.45, 2.75) is 45.7 Å². The summed E-state index contributed by atoms with van der Waals surface area (Å²) in [4.78, 5) is 26.3. The minimum atomic E-state index is -0.888. The van der Waals surface area contributed by atoms with Crippen molar-refractivity contribution in [1.82, 2.24) is 9.80 Å². The standard InChI is InChI=1S/C12H22N2O3/c1-4-14(10-5-6-10)11(15)7-13(9(2)3)8-12(16)17/h9-10H,4-8H2,1-3H3,(H,16,17). The van der Waals surface area contributed by atoms with Gasteiger partial charge in [0.05, 0.1) is 13.1 Å². The molecule has 1 saturated carbocycles. The van der Waals surface area contributed by atoms with Crippen molar-refractivity contribution < 1.29 is 14.7 Å². The number of aliphatic carboxylic acids is 1. The Morgan fingerprint density at radius 3 is 2.24 bits per heavy atom. The van der Waals surface area contributed by atoms with E-state index in [0.717, 1.165) is 12.8 Å². The highest BCUT2D eigenvalue weighted by Crippen LogP contribution is 2.26. The molecule has 1 amide bonds. The van der Waals surface area contributed by atoms with Gasteiger partial charge in [0.25, 0.3) is 0 Å². The number of nitrogens with zero attached hydrogens (tertiary/aromatic N) is 2. The molecular formula is C12H22N2O3. The molecule has 0 aromatic rings. The molecule has 0 aliphatic heterocycles. The maximum Gasteiger partial charge on any atom is 0.317 e. The van der Waals surface area contributed by atoms with Crippen LogP contribution in [0.5, 0.6) is 0 Å². The second kappa shape index (κ2) is 6.00. The van der Waals surface area contributed by atoms with Gasteiger partial charge in [-0.1, -0.05) is 0 Å². The number of carboxylic acids is 1. The van der Waals surface area contributed by atoms with E-state index in [0.29, 0.717) is 12.6 Å². The van der Waals surface area contributed by atoms with Crippen LogP contribution in [0.3, 0.4) is 0 Å². The molecule has 0 unspecified atom stereocenters. The van der Waals surface area contributed by atoms with Crippen molar-refractivity contribution in [3.8, 4) is 0 Å². The Bertz CT molecular complexity index is 287. The van der Waals surface area contributed by atoms with Crippen LogP contribution in [0, 0.1) is 0 Å². The van der Waals surface area contributed by atoms with Gasteiger partial charge in [-0.15, -0.1) is 0 Å². The minimum absolute atomic E-state index is 0.0463. The van der Waals surface area contributed by atoms with E-state index < -0.39 is 5.97 Å². The maximum atomic E-state index is 12.0. The molecule has 5 nitrogen and oxygen atoms in total. The van der Waals surface area contributed by atoms with Gasteiger partial charge in [0, 0.05) is 18.6 Å². The molecule has 0 bridgehead atoms. The molecule has 0 spiro atoms. The zero-order valence-electron chi connectivity index (χ0n) is 10.8. The van der Waals surface area contributed by atoms with Gasteiger partial charge in [0.1, 0.15) is 0 Å². The molecule has 17 heavy (non-hydrogen) atoms. The van der Waals surface area contributed by atoms with Crippen LogP contribution in [-0.2, 0) is 9.59 Å². The number of carbonyl (C=O) groups excluding carboxylic acids is 1. The van der Waals surface area contributed by atoms with E-state index in [4.69, 9.17) is 5.11 Å². The van der Waals surface area contributed by atoms with Gasteiger partial charge < -0.3 is 10.0 Å². The number of carbonyl (C=O) groups is 2. The number of hydrogen-bond donors (Lipinski definition) is 1. The Hall–Kier alpha value is -1.10. The lowest BCUT2D eigenvalue weighted by Crippen LogP contribution is -2.45. The van der Waals surface area contributed by atoms with Crippen LogP contribution < -0.4 is 0 Å². The summed E-state index contributed by atoms with van der Waals surface area (Å²) in [5.74, 6) is -0.842. The molecule has 1 aliphatic carbocycles. The van der Waals surface area contributed by atoms with Gasteiger partial charge in [-0.2, -0.15) is 0 Å². The molecule has 0 saturated heterocycles. The number of hydrogen-bond acceptors (Lipinski definition) is 3. The normalized spacial score (nSPS) is 15.4. The smallest absolute Gasteiger partial charge is 0.317 e. The van der Waals surface area contributed by atoms with Crippen molar-refractivity contribution in [3.63, 3.8) is 0 Å². The molecule has 1 N–H and O–H groups in total. The summed E-state index contributed by atoms with van der Waals surface area (Å²) >= 11 is 0. The van der Waals surface area contributed by atoms with E-state index in [1.807, 2.05) is 25.7 Å². The van der Waals surface area contributed by atoms with Crippen LogP contribution in [0.25, 0.3) is 0 Å². The quantitative estimate of drug-likeness (QED) is 0.717. The average molecular weight is 242 g/mol. The lowest BCUT2D eigenvalue weighted by molar-refractivity contribution is -0.140. The van der Waals surface area contributed by atoms with E-state index >= 15 is 0 Å². The molecule has 1 fully saturated rings. The summed E-state index contributed by atoms with van der Waals surface area (Å²) in [6.45, 7) is 6.61. The summed E-state index contributed by atoms with van der Waals surface area (Å²) in [5, 5.41) is 8.80. The van der Waals surface area contributed by atoms with Crippen molar-refractivity contribution in [2.75, 3.05) is 19.6 Å². The van der Waals surface area contributed by atoms with Crippen LogP contribution in [-0.4, -0.2) is 58.5 Å². The first kappa shape index (κ1) is 14.0. The van der Waals surface area contributed by atoms with Gasteiger partial charge in [-0.05, 0) is 33.6 Å². The zero-order valence-corrected chi connectivity index (χ0v) is 10.8. The summed E-state index contributed by atoms with van der Waals surface area (Å²) in [5.41, 5.74) is 0. The number of rotatable bonds is 7.